The van der Waals surface area contributed by atoms with Crippen LogP contribution in [-0.4, -0.2) is 5.91 Å². The monoisotopic (exact) mass is 295 g/mol. The summed E-state index contributed by atoms with van der Waals surface area (Å²) in [4.78, 5) is 11.0. The van der Waals surface area contributed by atoms with E-state index in [1.165, 1.54) is 6.92 Å². The van der Waals surface area contributed by atoms with E-state index in [1.807, 2.05) is 30.3 Å². The Kier molecular flexibility index (Phi) is 4.30. The van der Waals surface area contributed by atoms with Crippen LogP contribution >= 0.6 is 23.2 Å². The lowest BCUT2D eigenvalue weighted by molar-refractivity contribution is -0.114. The highest BCUT2D eigenvalue weighted by Gasteiger charge is 2.12. The average molecular weight is 296 g/mol. The maximum absolute atomic E-state index is 11.0. The Bertz CT molecular complexity index is 600. The molecule has 0 fully saturated rings. The van der Waals surface area contributed by atoms with E-state index in [4.69, 9.17) is 27.9 Å². The van der Waals surface area contributed by atoms with Gasteiger partial charge in [-0.1, -0.05) is 41.4 Å². The lowest BCUT2D eigenvalue weighted by Gasteiger charge is -2.11. The molecular weight excluding hydrogens is 285 g/mol. The van der Waals surface area contributed by atoms with Gasteiger partial charge in [-0.05, 0) is 24.3 Å². The molecule has 1 amide bonds. The van der Waals surface area contributed by atoms with Crippen LogP contribution < -0.4 is 10.1 Å². The van der Waals surface area contributed by atoms with Gasteiger partial charge in [0.1, 0.15) is 16.5 Å². The van der Waals surface area contributed by atoms with Gasteiger partial charge in [-0.25, -0.2) is 0 Å². The van der Waals surface area contributed by atoms with Crippen molar-refractivity contribution in [2.24, 2.45) is 0 Å². The Morgan fingerprint density at radius 2 is 1.74 bits per heavy atom. The molecule has 98 valence electrons. The molecule has 0 saturated heterocycles. The molecule has 19 heavy (non-hydrogen) atoms. The van der Waals surface area contributed by atoms with Crippen LogP contribution in [0.1, 0.15) is 6.92 Å². The van der Waals surface area contributed by atoms with Crippen LogP contribution in [0.15, 0.2) is 42.5 Å². The second-order valence-corrected chi connectivity index (χ2v) is 4.59. The zero-order chi connectivity index (χ0) is 13.8. The van der Waals surface area contributed by atoms with Crippen molar-refractivity contribution < 1.29 is 9.53 Å². The Labute approximate surface area is 121 Å². The van der Waals surface area contributed by atoms with Gasteiger partial charge in [-0.2, -0.15) is 0 Å². The molecular formula is C14H11Cl2NO2. The molecule has 0 saturated carbocycles. The van der Waals surface area contributed by atoms with Gasteiger partial charge < -0.3 is 10.1 Å². The van der Waals surface area contributed by atoms with E-state index in [0.717, 1.165) is 0 Å². The van der Waals surface area contributed by atoms with Crippen molar-refractivity contribution in [3.05, 3.63) is 52.5 Å². The summed E-state index contributed by atoms with van der Waals surface area (Å²) in [6, 6.07) is 12.5. The van der Waals surface area contributed by atoms with Gasteiger partial charge in [0.2, 0.25) is 5.91 Å². The highest BCUT2D eigenvalue weighted by atomic mass is 35.5. The standard InChI is InChI=1S/C14H11Cl2NO2/c1-9(18)17-11-7-8-12(14(16)13(11)15)19-10-5-3-2-4-6-10/h2-8H,1H3,(H,17,18). The Hall–Kier alpha value is -1.71. The SMILES string of the molecule is CC(=O)Nc1ccc(Oc2ccccc2)c(Cl)c1Cl. The number of para-hydroxylation sites is 1. The first-order chi connectivity index (χ1) is 9.08. The fourth-order valence-corrected chi connectivity index (χ4v) is 1.92. The molecule has 0 aromatic heterocycles. The minimum absolute atomic E-state index is 0.213. The van der Waals surface area contributed by atoms with Crippen molar-refractivity contribution in [1.82, 2.24) is 0 Å². The summed E-state index contributed by atoms with van der Waals surface area (Å²) >= 11 is 12.2. The quantitative estimate of drug-likeness (QED) is 0.888. The van der Waals surface area contributed by atoms with Gasteiger partial charge in [-0.15, -0.1) is 0 Å². The van der Waals surface area contributed by atoms with E-state index in [1.54, 1.807) is 12.1 Å². The summed E-state index contributed by atoms with van der Waals surface area (Å²) in [6.07, 6.45) is 0. The minimum Gasteiger partial charge on any atom is -0.456 e. The van der Waals surface area contributed by atoms with E-state index in [-0.39, 0.29) is 16.0 Å². The van der Waals surface area contributed by atoms with Crippen LogP contribution in [0.25, 0.3) is 0 Å². The summed E-state index contributed by atoms with van der Waals surface area (Å²) in [5.41, 5.74) is 0.458. The smallest absolute Gasteiger partial charge is 0.221 e. The normalized spacial score (nSPS) is 10.1. The topological polar surface area (TPSA) is 38.3 Å². The third-order valence-electron chi connectivity index (χ3n) is 2.33. The molecule has 0 aliphatic rings. The molecule has 0 atom stereocenters. The summed E-state index contributed by atoms with van der Waals surface area (Å²) < 4.78 is 5.62. The van der Waals surface area contributed by atoms with E-state index in [9.17, 15) is 4.79 Å². The molecule has 0 aliphatic carbocycles. The van der Waals surface area contributed by atoms with Crippen molar-refractivity contribution in [2.75, 3.05) is 5.32 Å². The number of benzene rings is 2. The lowest BCUT2D eigenvalue weighted by atomic mass is 10.3. The van der Waals surface area contributed by atoms with E-state index in [0.29, 0.717) is 17.2 Å². The predicted molar refractivity (Wildman–Crippen MR) is 77.3 cm³/mol. The van der Waals surface area contributed by atoms with Crippen molar-refractivity contribution in [1.29, 1.82) is 0 Å². The van der Waals surface area contributed by atoms with E-state index < -0.39 is 0 Å². The van der Waals surface area contributed by atoms with Gasteiger partial charge in [0.05, 0.1) is 10.7 Å². The molecule has 5 heteroatoms. The highest BCUT2D eigenvalue weighted by Crippen LogP contribution is 2.39. The number of halogens is 2. The Balaban J connectivity index is 2.28. The number of amides is 1. The number of carbonyl (C=O) groups is 1. The second kappa shape index (κ2) is 5.95. The van der Waals surface area contributed by atoms with Crippen LogP contribution in [0.5, 0.6) is 11.5 Å². The van der Waals surface area contributed by atoms with Crippen molar-refractivity contribution >= 4 is 34.8 Å². The number of ether oxygens (including phenoxy) is 1. The fraction of sp³-hybridized carbons (Fsp3) is 0.0714. The van der Waals surface area contributed by atoms with Crippen LogP contribution in [0.2, 0.25) is 10.0 Å². The third kappa shape index (κ3) is 3.40. The largest absolute Gasteiger partial charge is 0.456 e. The molecule has 3 nitrogen and oxygen atoms in total. The van der Waals surface area contributed by atoms with Gasteiger partial charge in [-0.3, -0.25) is 4.79 Å². The average Bonchev–Trinajstić information content (AvgIpc) is 2.39. The molecule has 0 bridgehead atoms. The van der Waals surface area contributed by atoms with Gasteiger partial charge in [0, 0.05) is 6.92 Å². The molecule has 0 spiro atoms. The number of rotatable bonds is 3. The molecule has 2 rings (SSSR count). The molecule has 2 aromatic carbocycles. The summed E-state index contributed by atoms with van der Waals surface area (Å²) in [6.45, 7) is 1.40. The molecule has 0 aliphatic heterocycles. The number of hydrogen-bond acceptors (Lipinski definition) is 2. The number of nitrogens with one attached hydrogen (secondary N) is 1. The summed E-state index contributed by atoms with van der Waals surface area (Å²) in [7, 11) is 0. The zero-order valence-electron chi connectivity index (χ0n) is 10.1. The minimum atomic E-state index is -0.213. The second-order valence-electron chi connectivity index (χ2n) is 3.84. The van der Waals surface area contributed by atoms with Crippen molar-refractivity contribution in [3.63, 3.8) is 0 Å². The van der Waals surface area contributed by atoms with E-state index >= 15 is 0 Å². The maximum Gasteiger partial charge on any atom is 0.221 e. The van der Waals surface area contributed by atoms with E-state index in [2.05, 4.69) is 5.32 Å². The molecule has 1 N–H and O–H groups in total. The van der Waals surface area contributed by atoms with Crippen LogP contribution in [0.3, 0.4) is 0 Å². The molecule has 0 unspecified atom stereocenters. The molecule has 2 aromatic rings. The highest BCUT2D eigenvalue weighted by molar-refractivity contribution is 6.44. The summed E-state index contributed by atoms with van der Waals surface area (Å²) in [5.74, 6) is 0.884. The van der Waals surface area contributed by atoms with Gasteiger partial charge >= 0.3 is 0 Å². The number of anilines is 1. The zero-order valence-corrected chi connectivity index (χ0v) is 11.6. The van der Waals surface area contributed by atoms with Crippen molar-refractivity contribution in [3.8, 4) is 11.5 Å². The third-order valence-corrected chi connectivity index (χ3v) is 3.19. The van der Waals surface area contributed by atoms with Crippen LogP contribution in [0.4, 0.5) is 5.69 Å². The Morgan fingerprint density at radius 1 is 1.05 bits per heavy atom. The maximum atomic E-state index is 11.0. The van der Waals surface area contributed by atoms with Crippen molar-refractivity contribution in [2.45, 2.75) is 6.92 Å². The van der Waals surface area contributed by atoms with Crippen LogP contribution in [0, 0.1) is 0 Å². The first kappa shape index (κ1) is 13.7. The molecule has 0 radical (unpaired) electrons. The first-order valence-corrected chi connectivity index (χ1v) is 6.32. The first-order valence-electron chi connectivity index (χ1n) is 5.56. The van der Waals surface area contributed by atoms with Crippen LogP contribution in [-0.2, 0) is 4.79 Å². The fourth-order valence-electron chi connectivity index (χ4n) is 1.51. The Morgan fingerprint density at radius 3 is 2.37 bits per heavy atom. The summed E-state index contributed by atoms with van der Waals surface area (Å²) in [5, 5.41) is 3.11. The lowest BCUT2D eigenvalue weighted by Crippen LogP contribution is -2.06. The predicted octanol–water partition coefficient (Wildman–Crippen LogP) is 4.74. The molecule has 0 heterocycles. The number of carbonyl (C=O) groups excluding carboxylic acids is 1. The number of hydrogen-bond donors (Lipinski definition) is 1. The van der Waals surface area contributed by atoms with Gasteiger partial charge in [0.25, 0.3) is 0 Å². The van der Waals surface area contributed by atoms with Gasteiger partial charge in [0.15, 0.2) is 0 Å².